The highest BCUT2D eigenvalue weighted by molar-refractivity contribution is 14.1. The fourth-order valence-corrected chi connectivity index (χ4v) is 0. The van der Waals surface area contributed by atoms with E-state index in [9.17, 15) is 0 Å². The fourth-order valence-electron chi connectivity index (χ4n) is 0. The number of hydrogen-bond acceptors (Lipinski definition) is 0. The average Bonchev–Trinajstić information content (AvgIpc) is 2.13. The quantitative estimate of drug-likeness (QED) is 0.369. The smallest absolute Gasteiger partial charge is 0.0842 e. The molecule has 0 fully saturated rings. The zero-order valence-corrected chi connectivity index (χ0v) is 12.1. The van der Waals surface area contributed by atoms with Crippen LogP contribution in [0.3, 0.4) is 0 Å². The van der Waals surface area contributed by atoms with E-state index in [0.717, 1.165) is 6.42 Å². The van der Waals surface area contributed by atoms with Gasteiger partial charge in [-0.3, -0.25) is 0 Å². The van der Waals surface area contributed by atoms with Gasteiger partial charge in [-0.15, -0.1) is 0 Å². The summed E-state index contributed by atoms with van der Waals surface area (Å²) < 4.78 is 0.354. The molecule has 0 aromatic heterocycles. The summed E-state index contributed by atoms with van der Waals surface area (Å²) in [4.78, 5) is 0. The Hall–Kier alpha value is 0.795. The van der Waals surface area contributed by atoms with Gasteiger partial charge in [-0.1, -0.05) is 83.9 Å². The van der Waals surface area contributed by atoms with E-state index in [1.807, 2.05) is 27.7 Å². The van der Waals surface area contributed by atoms with Gasteiger partial charge in [0, 0.05) is 0 Å². The SMILES string of the molecule is CC.CC.CCC.[B]C(I)CC. The van der Waals surface area contributed by atoms with Crippen molar-refractivity contribution in [1.29, 1.82) is 0 Å². The molecule has 0 heterocycles. The summed E-state index contributed by atoms with van der Waals surface area (Å²) >= 11 is 2.18. The van der Waals surface area contributed by atoms with Crippen molar-refractivity contribution in [2.24, 2.45) is 0 Å². The summed E-state index contributed by atoms with van der Waals surface area (Å²) in [6.07, 6.45) is 2.32. The molecule has 0 aliphatic heterocycles. The summed E-state index contributed by atoms with van der Waals surface area (Å²) in [7, 11) is 5.28. The molecule has 0 aromatic rings. The molecule has 0 aromatic carbocycles. The lowest BCUT2D eigenvalue weighted by atomic mass is 10.0. The normalized spacial score (nSPS) is 8.67. The third-order valence-corrected chi connectivity index (χ3v) is 1.27. The second-order valence-electron chi connectivity index (χ2n) is 1.63. The first kappa shape index (κ1) is 23.0. The summed E-state index contributed by atoms with van der Waals surface area (Å²) in [5.74, 6) is 0. The van der Waals surface area contributed by atoms with Crippen LogP contribution in [0.5, 0.6) is 0 Å². The molecule has 0 bridgehead atoms. The predicted octanol–water partition coefficient (Wildman–Crippen LogP) is 4.79. The van der Waals surface area contributed by atoms with Crippen molar-refractivity contribution in [3.05, 3.63) is 0 Å². The summed E-state index contributed by atoms with van der Waals surface area (Å²) in [6.45, 7) is 14.3. The maximum atomic E-state index is 5.28. The largest absolute Gasteiger partial charge is 0.0932 e. The van der Waals surface area contributed by atoms with Crippen LogP contribution in [0.15, 0.2) is 0 Å². The van der Waals surface area contributed by atoms with Crippen LogP contribution in [0.2, 0.25) is 0 Å². The van der Waals surface area contributed by atoms with Crippen LogP contribution in [0.1, 0.15) is 61.3 Å². The molecular weight excluding hydrogens is 258 g/mol. The molecule has 2 heteroatoms. The third-order valence-electron chi connectivity index (χ3n) is 0.390. The van der Waals surface area contributed by atoms with Gasteiger partial charge >= 0.3 is 0 Å². The number of alkyl halides is 1. The van der Waals surface area contributed by atoms with Crippen LogP contribution in [0, 0.1) is 0 Å². The van der Waals surface area contributed by atoms with E-state index in [-0.39, 0.29) is 0 Å². The van der Waals surface area contributed by atoms with Gasteiger partial charge < -0.3 is 0 Å². The molecular formula is C10H26BI. The van der Waals surface area contributed by atoms with Crippen LogP contribution in [0.25, 0.3) is 0 Å². The summed E-state index contributed by atoms with van der Waals surface area (Å²) in [5.41, 5.74) is 0. The molecule has 0 amide bonds. The number of halogens is 1. The lowest BCUT2D eigenvalue weighted by molar-refractivity contribution is 1.07. The van der Waals surface area contributed by atoms with E-state index in [4.69, 9.17) is 7.85 Å². The Labute approximate surface area is 95.5 Å². The van der Waals surface area contributed by atoms with Crippen LogP contribution < -0.4 is 0 Å². The van der Waals surface area contributed by atoms with Gasteiger partial charge in [-0.05, 0) is 3.82 Å². The van der Waals surface area contributed by atoms with Crippen molar-refractivity contribution in [3.63, 3.8) is 0 Å². The topological polar surface area (TPSA) is 0 Å². The molecule has 0 saturated heterocycles. The summed E-state index contributed by atoms with van der Waals surface area (Å²) in [5, 5.41) is 0. The number of hydrogen-bond donors (Lipinski definition) is 0. The Morgan fingerprint density at radius 3 is 1.08 bits per heavy atom. The minimum absolute atomic E-state index is 0.354. The zero-order valence-electron chi connectivity index (χ0n) is 9.95. The molecule has 0 spiro atoms. The maximum Gasteiger partial charge on any atom is 0.0842 e. The van der Waals surface area contributed by atoms with Gasteiger partial charge in [0.25, 0.3) is 0 Å². The molecule has 0 rings (SSSR count). The maximum absolute atomic E-state index is 5.28. The predicted molar refractivity (Wildman–Crippen MR) is 72.5 cm³/mol. The van der Waals surface area contributed by atoms with Crippen molar-refractivity contribution in [3.8, 4) is 0 Å². The molecule has 0 nitrogen and oxygen atoms in total. The highest BCUT2D eigenvalue weighted by Crippen LogP contribution is 1.96. The van der Waals surface area contributed by atoms with Crippen LogP contribution in [0.4, 0.5) is 0 Å². The van der Waals surface area contributed by atoms with E-state index >= 15 is 0 Å². The first-order valence-corrected chi connectivity index (χ1v) is 6.33. The average molecular weight is 284 g/mol. The monoisotopic (exact) mass is 284 g/mol. The fraction of sp³-hybridized carbons (Fsp3) is 1.00. The lowest BCUT2D eigenvalue weighted by Gasteiger charge is -1.88. The Bertz CT molecular complexity index is 31.0. The van der Waals surface area contributed by atoms with Gasteiger partial charge in [-0.25, -0.2) is 0 Å². The molecule has 0 aliphatic carbocycles. The minimum atomic E-state index is 0.354. The van der Waals surface area contributed by atoms with Crippen LogP contribution in [-0.4, -0.2) is 11.7 Å². The van der Waals surface area contributed by atoms with Gasteiger partial charge in [0.15, 0.2) is 0 Å². The standard InChI is InChI=1S/C3H6BI.C3H8.2C2H6/c1-2-3(4)5;1-3-2;2*1-2/h3H,2H2,1H3;3H2,1-2H3;2*1-2H3. The Morgan fingerprint density at radius 2 is 1.08 bits per heavy atom. The van der Waals surface area contributed by atoms with Crippen molar-refractivity contribution >= 4 is 30.4 Å². The van der Waals surface area contributed by atoms with Gasteiger partial charge in [0.2, 0.25) is 0 Å². The Morgan fingerprint density at radius 1 is 1.00 bits per heavy atom. The molecule has 2 radical (unpaired) electrons. The van der Waals surface area contributed by atoms with E-state index in [1.165, 1.54) is 6.42 Å². The Balaban J connectivity index is -0.0000000397. The molecule has 1 atom stereocenters. The highest BCUT2D eigenvalue weighted by Gasteiger charge is 1.82. The van der Waals surface area contributed by atoms with Crippen LogP contribution >= 0.6 is 22.6 Å². The van der Waals surface area contributed by atoms with Crippen molar-refractivity contribution < 1.29 is 0 Å². The molecule has 1 unspecified atom stereocenters. The van der Waals surface area contributed by atoms with Crippen molar-refractivity contribution in [1.82, 2.24) is 0 Å². The zero-order chi connectivity index (χ0) is 11.0. The lowest BCUT2D eigenvalue weighted by Crippen LogP contribution is -1.88. The van der Waals surface area contributed by atoms with Gasteiger partial charge in [0.1, 0.15) is 0 Å². The van der Waals surface area contributed by atoms with Gasteiger partial charge in [0.05, 0.1) is 7.85 Å². The molecule has 0 saturated carbocycles. The molecule has 0 N–H and O–H groups in total. The molecule has 12 heavy (non-hydrogen) atoms. The third kappa shape index (κ3) is 133. The molecule has 0 aliphatic rings. The first-order valence-electron chi connectivity index (χ1n) is 5.08. The van der Waals surface area contributed by atoms with Crippen molar-refractivity contribution in [2.75, 3.05) is 0 Å². The van der Waals surface area contributed by atoms with E-state index < -0.39 is 0 Å². The number of rotatable bonds is 1. The second-order valence-corrected chi connectivity index (χ2v) is 3.23. The summed E-state index contributed by atoms with van der Waals surface area (Å²) in [6, 6.07) is 0. The van der Waals surface area contributed by atoms with E-state index in [2.05, 4.69) is 43.4 Å². The minimum Gasteiger partial charge on any atom is -0.0932 e. The van der Waals surface area contributed by atoms with Gasteiger partial charge in [-0.2, -0.15) is 0 Å². The Kier molecular flexibility index (Phi) is 78.5. The first-order chi connectivity index (χ1) is 5.68. The molecule has 76 valence electrons. The van der Waals surface area contributed by atoms with Crippen LogP contribution in [-0.2, 0) is 0 Å². The second kappa shape index (κ2) is 40.9. The van der Waals surface area contributed by atoms with E-state index in [1.54, 1.807) is 0 Å². The van der Waals surface area contributed by atoms with Crippen molar-refractivity contribution in [2.45, 2.75) is 65.1 Å². The van der Waals surface area contributed by atoms with E-state index in [0.29, 0.717) is 3.82 Å². The highest BCUT2D eigenvalue weighted by atomic mass is 127.